The van der Waals surface area contributed by atoms with Gasteiger partial charge in [0.05, 0.1) is 16.6 Å². The molecule has 0 spiro atoms. The van der Waals surface area contributed by atoms with Gasteiger partial charge in [0.1, 0.15) is 28.9 Å². The fourth-order valence-electron chi connectivity index (χ4n) is 4.99. The molecule has 5 aromatic rings. The maximum Gasteiger partial charge on any atom is 0.227 e. The number of aliphatic hydroxyl groups is 1. The average molecular weight is 597 g/mol. The van der Waals surface area contributed by atoms with Gasteiger partial charge in [0.2, 0.25) is 5.89 Å². The molecular formula is C30H27Cl2FN4O4. The van der Waals surface area contributed by atoms with E-state index in [0.29, 0.717) is 75.0 Å². The molecule has 1 unspecified atom stereocenters. The van der Waals surface area contributed by atoms with Crippen molar-refractivity contribution in [3.63, 3.8) is 0 Å². The van der Waals surface area contributed by atoms with Crippen LogP contribution in [0.1, 0.15) is 12.7 Å². The first-order valence-electron chi connectivity index (χ1n) is 13.2. The Bertz CT molecular complexity index is 1650. The number of aliphatic hydroxyl groups excluding tert-OH is 1. The van der Waals surface area contributed by atoms with Crippen molar-refractivity contribution in [3.8, 4) is 28.5 Å². The molecule has 0 radical (unpaired) electrons. The van der Waals surface area contributed by atoms with E-state index in [0.717, 1.165) is 13.1 Å². The van der Waals surface area contributed by atoms with Crippen molar-refractivity contribution in [2.75, 3.05) is 26.2 Å². The van der Waals surface area contributed by atoms with Crippen molar-refractivity contribution in [1.29, 1.82) is 0 Å². The predicted octanol–water partition coefficient (Wildman–Crippen LogP) is 6.50. The Hall–Kier alpha value is -3.47. The zero-order chi connectivity index (χ0) is 28.5. The summed E-state index contributed by atoms with van der Waals surface area (Å²) in [5.74, 6) is 1.23. The molecule has 2 atom stereocenters. The van der Waals surface area contributed by atoms with Crippen LogP contribution in [-0.2, 0) is 6.54 Å². The molecule has 41 heavy (non-hydrogen) atoms. The number of hydrogen-bond donors (Lipinski definition) is 1. The highest BCUT2D eigenvalue weighted by molar-refractivity contribution is 6.39. The molecule has 1 aliphatic rings. The van der Waals surface area contributed by atoms with Crippen LogP contribution in [0.4, 0.5) is 4.39 Å². The topological polar surface area (TPSA) is 88.0 Å². The number of benzene rings is 3. The first-order valence-corrected chi connectivity index (χ1v) is 14.0. The lowest BCUT2D eigenvalue weighted by Gasteiger charge is -2.39. The summed E-state index contributed by atoms with van der Waals surface area (Å²) < 4.78 is 31.3. The van der Waals surface area contributed by atoms with E-state index in [1.807, 2.05) is 6.07 Å². The van der Waals surface area contributed by atoms with Gasteiger partial charge in [-0.1, -0.05) is 40.5 Å². The maximum absolute atomic E-state index is 13.7. The molecule has 8 nitrogen and oxygen atoms in total. The molecule has 3 heterocycles. The Morgan fingerprint density at radius 1 is 1.00 bits per heavy atom. The first-order chi connectivity index (χ1) is 19.8. The van der Waals surface area contributed by atoms with Crippen molar-refractivity contribution >= 4 is 34.3 Å². The molecule has 6 rings (SSSR count). The number of rotatable bonds is 8. The molecule has 1 aliphatic heterocycles. The minimum absolute atomic E-state index is 0.327. The molecule has 1 saturated heterocycles. The minimum Gasteiger partial charge on any atom is -0.472 e. The standard InChI is InChI=1S/C30H27Cl2FN4O4/c1-18(38)30(39-21-8-9-27-25(15-21)34-29(40-27)19-4-2-5-20(33)14-19)37-12-10-36(11-13-37)17-22-16-26(35-41-22)28-23(31)6-3-7-24(28)32/h2-9,14-16,18,30,38H,10-13,17H2,1H3/t18-,30?/m1/s1. The Balaban J connectivity index is 1.09. The van der Waals surface area contributed by atoms with Gasteiger partial charge in [0.25, 0.3) is 0 Å². The van der Waals surface area contributed by atoms with Crippen LogP contribution in [0.5, 0.6) is 5.75 Å². The summed E-state index contributed by atoms with van der Waals surface area (Å²) in [7, 11) is 0. The highest BCUT2D eigenvalue weighted by Crippen LogP contribution is 2.34. The molecule has 212 valence electrons. The second-order valence-electron chi connectivity index (χ2n) is 10.00. The van der Waals surface area contributed by atoms with E-state index in [2.05, 4.69) is 19.9 Å². The monoisotopic (exact) mass is 596 g/mol. The van der Waals surface area contributed by atoms with Crippen molar-refractivity contribution in [2.24, 2.45) is 0 Å². The summed E-state index contributed by atoms with van der Waals surface area (Å²) in [4.78, 5) is 8.87. The number of oxazole rings is 1. The fraction of sp³-hybridized carbons (Fsp3) is 0.267. The van der Waals surface area contributed by atoms with Crippen LogP contribution in [0, 0.1) is 5.82 Å². The van der Waals surface area contributed by atoms with Crippen molar-refractivity contribution in [3.05, 3.63) is 88.4 Å². The molecule has 0 aliphatic carbocycles. The SMILES string of the molecule is C[C@@H](O)C(Oc1ccc2oc(-c3cccc(F)c3)nc2c1)N1CCN(Cc2cc(-c3c(Cl)cccc3Cl)no2)CC1. The largest absolute Gasteiger partial charge is 0.472 e. The van der Waals surface area contributed by atoms with E-state index < -0.39 is 12.3 Å². The van der Waals surface area contributed by atoms with E-state index >= 15 is 0 Å². The zero-order valence-electron chi connectivity index (χ0n) is 22.1. The number of fused-ring (bicyclic) bond motifs is 1. The van der Waals surface area contributed by atoms with E-state index in [1.165, 1.54) is 12.1 Å². The first kappa shape index (κ1) is 27.7. The van der Waals surface area contributed by atoms with Gasteiger partial charge in [0, 0.05) is 49.4 Å². The summed E-state index contributed by atoms with van der Waals surface area (Å²) in [5, 5.41) is 15.8. The van der Waals surface area contributed by atoms with Gasteiger partial charge in [-0.3, -0.25) is 9.80 Å². The Morgan fingerprint density at radius 2 is 1.76 bits per heavy atom. The van der Waals surface area contributed by atoms with E-state index in [1.54, 1.807) is 55.5 Å². The predicted molar refractivity (Wildman–Crippen MR) is 154 cm³/mol. The fourth-order valence-corrected chi connectivity index (χ4v) is 5.58. The van der Waals surface area contributed by atoms with Crippen LogP contribution in [0.3, 0.4) is 0 Å². The highest BCUT2D eigenvalue weighted by atomic mass is 35.5. The molecule has 2 aromatic heterocycles. The van der Waals surface area contributed by atoms with Crippen LogP contribution >= 0.6 is 23.2 Å². The summed E-state index contributed by atoms with van der Waals surface area (Å²) in [6.45, 7) is 5.15. The van der Waals surface area contributed by atoms with Crippen LogP contribution in [-0.4, -0.2) is 63.6 Å². The lowest BCUT2D eigenvalue weighted by Crippen LogP contribution is -2.55. The third-order valence-electron chi connectivity index (χ3n) is 7.02. The van der Waals surface area contributed by atoms with E-state index in [4.69, 9.17) is 36.9 Å². The van der Waals surface area contributed by atoms with Crippen LogP contribution in [0.25, 0.3) is 33.8 Å². The summed E-state index contributed by atoms with van der Waals surface area (Å²) >= 11 is 12.6. The summed E-state index contributed by atoms with van der Waals surface area (Å²) in [6.07, 6.45) is -1.29. The lowest BCUT2D eigenvalue weighted by atomic mass is 10.1. The Labute approximate surface area is 245 Å². The second kappa shape index (κ2) is 11.8. The Morgan fingerprint density at radius 3 is 2.49 bits per heavy atom. The number of hydrogen-bond acceptors (Lipinski definition) is 8. The molecule has 0 bridgehead atoms. The van der Waals surface area contributed by atoms with Gasteiger partial charge < -0.3 is 18.8 Å². The van der Waals surface area contributed by atoms with Gasteiger partial charge in [-0.2, -0.15) is 0 Å². The number of piperazine rings is 1. The van der Waals surface area contributed by atoms with Crippen molar-refractivity contribution in [2.45, 2.75) is 25.8 Å². The second-order valence-corrected chi connectivity index (χ2v) is 10.8. The van der Waals surface area contributed by atoms with Crippen LogP contribution in [0.15, 0.2) is 75.7 Å². The van der Waals surface area contributed by atoms with Gasteiger partial charge in [-0.15, -0.1) is 0 Å². The molecule has 0 saturated carbocycles. The third kappa shape index (κ3) is 6.10. The van der Waals surface area contributed by atoms with Crippen LogP contribution in [0.2, 0.25) is 10.0 Å². The average Bonchev–Trinajstić information content (AvgIpc) is 3.59. The number of nitrogens with zero attached hydrogens (tertiary/aromatic N) is 4. The van der Waals surface area contributed by atoms with Gasteiger partial charge >= 0.3 is 0 Å². The van der Waals surface area contributed by atoms with Crippen molar-refractivity contribution in [1.82, 2.24) is 19.9 Å². The smallest absolute Gasteiger partial charge is 0.227 e. The highest BCUT2D eigenvalue weighted by Gasteiger charge is 2.29. The van der Waals surface area contributed by atoms with Crippen molar-refractivity contribution < 1.29 is 23.2 Å². The Kier molecular flexibility index (Phi) is 7.96. The number of ether oxygens (including phenoxy) is 1. The molecule has 1 N–H and O–H groups in total. The minimum atomic E-state index is -0.741. The quantitative estimate of drug-likeness (QED) is 0.217. The normalized spacial score (nSPS) is 16.2. The van der Waals surface area contributed by atoms with E-state index in [9.17, 15) is 9.50 Å². The van der Waals surface area contributed by atoms with Crippen LogP contribution < -0.4 is 4.74 Å². The van der Waals surface area contributed by atoms with Gasteiger partial charge in [0.15, 0.2) is 17.6 Å². The molecule has 3 aromatic carbocycles. The zero-order valence-corrected chi connectivity index (χ0v) is 23.6. The molecule has 0 amide bonds. The molecule has 1 fully saturated rings. The summed E-state index contributed by atoms with van der Waals surface area (Å²) in [6, 6.07) is 18.6. The van der Waals surface area contributed by atoms with Gasteiger partial charge in [-0.05, 0) is 49.4 Å². The molecular weight excluding hydrogens is 570 g/mol. The van der Waals surface area contributed by atoms with E-state index in [-0.39, 0.29) is 5.82 Å². The maximum atomic E-state index is 13.7. The summed E-state index contributed by atoms with van der Waals surface area (Å²) in [5.41, 5.74) is 2.95. The molecule has 11 heteroatoms. The number of aromatic nitrogens is 2. The number of halogens is 3. The lowest BCUT2D eigenvalue weighted by molar-refractivity contribution is -0.0756. The third-order valence-corrected chi connectivity index (χ3v) is 7.65. The van der Waals surface area contributed by atoms with Gasteiger partial charge in [-0.25, -0.2) is 9.37 Å².